The van der Waals surface area contributed by atoms with Gasteiger partial charge in [0.1, 0.15) is 5.75 Å². The number of aromatic amines is 1. The molecule has 0 amide bonds. The van der Waals surface area contributed by atoms with Crippen molar-refractivity contribution in [2.24, 2.45) is 5.73 Å². The normalized spacial score (nSPS) is 17.1. The van der Waals surface area contributed by atoms with E-state index in [0.717, 1.165) is 11.3 Å². The van der Waals surface area contributed by atoms with Crippen LogP contribution in [0.15, 0.2) is 12.1 Å². The summed E-state index contributed by atoms with van der Waals surface area (Å²) in [5, 5.41) is 1.83. The number of aryl methyl sites for hydroxylation is 1. The quantitative estimate of drug-likeness (QED) is 0.895. The van der Waals surface area contributed by atoms with E-state index in [1.165, 1.54) is 29.5 Å². The van der Waals surface area contributed by atoms with Crippen molar-refractivity contribution in [3.63, 3.8) is 0 Å². The molecule has 0 atom stereocenters. The highest BCUT2D eigenvalue weighted by molar-refractivity contribution is 6.32. The molecule has 0 radical (unpaired) electrons. The Morgan fingerprint density at radius 3 is 2.72 bits per heavy atom. The van der Waals surface area contributed by atoms with Crippen LogP contribution in [0.25, 0.3) is 10.9 Å². The summed E-state index contributed by atoms with van der Waals surface area (Å²) in [5.41, 5.74) is 9.71. The van der Waals surface area contributed by atoms with Gasteiger partial charge in [0.2, 0.25) is 0 Å². The molecule has 3 nitrogen and oxygen atoms in total. The van der Waals surface area contributed by atoms with Crippen molar-refractivity contribution in [3.8, 4) is 5.75 Å². The van der Waals surface area contributed by atoms with E-state index in [0.29, 0.717) is 11.6 Å². The lowest BCUT2D eigenvalue weighted by Crippen LogP contribution is -2.20. The number of hydrogen-bond acceptors (Lipinski definition) is 2. The first-order valence-electron chi connectivity index (χ1n) is 6.17. The third kappa shape index (κ3) is 1.54. The molecule has 1 aliphatic carbocycles. The third-order valence-corrected chi connectivity index (χ3v) is 4.33. The summed E-state index contributed by atoms with van der Waals surface area (Å²) in [6.07, 6.45) is 2.34. The van der Waals surface area contributed by atoms with Gasteiger partial charge in [-0.05, 0) is 37.5 Å². The zero-order valence-corrected chi connectivity index (χ0v) is 11.4. The lowest BCUT2D eigenvalue weighted by Gasteiger charge is -2.13. The van der Waals surface area contributed by atoms with Crippen molar-refractivity contribution in [1.82, 2.24) is 4.98 Å². The maximum Gasteiger partial charge on any atom is 0.138 e. The molecular weight excluding hydrogens is 248 g/mol. The number of fused-ring (bicyclic) bond motifs is 1. The van der Waals surface area contributed by atoms with E-state index < -0.39 is 0 Å². The van der Waals surface area contributed by atoms with Crippen molar-refractivity contribution in [1.29, 1.82) is 0 Å². The lowest BCUT2D eigenvalue weighted by molar-refractivity contribution is 0.415. The Labute approximate surface area is 111 Å². The van der Waals surface area contributed by atoms with Crippen LogP contribution in [-0.4, -0.2) is 18.6 Å². The second kappa shape index (κ2) is 3.90. The highest BCUT2D eigenvalue weighted by Crippen LogP contribution is 2.51. The second-order valence-corrected chi connectivity index (χ2v) is 5.55. The van der Waals surface area contributed by atoms with E-state index in [-0.39, 0.29) is 5.41 Å². The number of nitrogens with two attached hydrogens (primary N) is 1. The van der Waals surface area contributed by atoms with Crippen molar-refractivity contribution in [3.05, 3.63) is 28.4 Å². The van der Waals surface area contributed by atoms with Gasteiger partial charge in [-0.25, -0.2) is 0 Å². The topological polar surface area (TPSA) is 51.0 Å². The van der Waals surface area contributed by atoms with Crippen molar-refractivity contribution < 1.29 is 4.74 Å². The van der Waals surface area contributed by atoms with E-state index in [2.05, 4.69) is 11.9 Å². The zero-order chi connectivity index (χ0) is 12.9. The second-order valence-electron chi connectivity index (χ2n) is 5.14. The summed E-state index contributed by atoms with van der Waals surface area (Å²) in [5.74, 6) is 0.720. The fraction of sp³-hybridized carbons (Fsp3) is 0.429. The summed E-state index contributed by atoms with van der Waals surface area (Å²) in [6.45, 7) is 2.80. The van der Waals surface area contributed by atoms with E-state index in [4.69, 9.17) is 22.1 Å². The van der Waals surface area contributed by atoms with Crippen LogP contribution in [0.2, 0.25) is 5.02 Å². The monoisotopic (exact) mass is 264 g/mol. The Kier molecular flexibility index (Phi) is 2.57. The van der Waals surface area contributed by atoms with Crippen LogP contribution in [0.5, 0.6) is 5.75 Å². The molecule has 0 aliphatic heterocycles. The highest BCUT2D eigenvalue weighted by Gasteiger charge is 2.45. The predicted octanol–water partition coefficient (Wildman–Crippen LogP) is 3.13. The maximum atomic E-state index is 6.16. The van der Waals surface area contributed by atoms with Crippen LogP contribution >= 0.6 is 11.6 Å². The molecule has 0 spiro atoms. The molecule has 1 aromatic heterocycles. The Bertz CT molecular complexity index is 614. The number of benzene rings is 1. The van der Waals surface area contributed by atoms with Gasteiger partial charge in [0.15, 0.2) is 0 Å². The van der Waals surface area contributed by atoms with Gasteiger partial charge in [-0.15, -0.1) is 0 Å². The Balaban J connectivity index is 2.28. The summed E-state index contributed by atoms with van der Waals surface area (Å²) in [4.78, 5) is 3.40. The van der Waals surface area contributed by atoms with Crippen molar-refractivity contribution >= 4 is 22.5 Å². The van der Waals surface area contributed by atoms with Gasteiger partial charge < -0.3 is 15.5 Å². The first kappa shape index (κ1) is 11.9. The van der Waals surface area contributed by atoms with E-state index in [1.807, 2.05) is 12.1 Å². The first-order valence-corrected chi connectivity index (χ1v) is 6.55. The molecule has 4 heteroatoms. The SMILES string of the molecule is COc1cc2c(C3(CN)CC3)c(C)[nH]c2cc1Cl. The van der Waals surface area contributed by atoms with Gasteiger partial charge in [0.05, 0.1) is 12.1 Å². The summed E-state index contributed by atoms with van der Waals surface area (Å²) >= 11 is 6.16. The van der Waals surface area contributed by atoms with Crippen LogP contribution in [0, 0.1) is 6.92 Å². The van der Waals surface area contributed by atoms with E-state index in [1.54, 1.807) is 7.11 Å². The fourth-order valence-electron chi connectivity index (χ4n) is 2.88. The Morgan fingerprint density at radius 1 is 1.44 bits per heavy atom. The van der Waals surface area contributed by atoms with Crippen LogP contribution in [-0.2, 0) is 5.41 Å². The molecule has 1 heterocycles. The summed E-state index contributed by atoms with van der Waals surface area (Å²) in [6, 6.07) is 3.95. The number of methoxy groups -OCH3 is 1. The van der Waals surface area contributed by atoms with Gasteiger partial charge in [0, 0.05) is 28.6 Å². The van der Waals surface area contributed by atoms with Crippen molar-refractivity contribution in [2.45, 2.75) is 25.2 Å². The van der Waals surface area contributed by atoms with Crippen LogP contribution in [0.1, 0.15) is 24.1 Å². The van der Waals surface area contributed by atoms with E-state index in [9.17, 15) is 0 Å². The number of halogens is 1. The minimum atomic E-state index is 0.168. The van der Waals surface area contributed by atoms with Gasteiger partial charge in [-0.3, -0.25) is 0 Å². The molecule has 2 aromatic rings. The minimum absolute atomic E-state index is 0.168. The molecule has 1 saturated carbocycles. The predicted molar refractivity (Wildman–Crippen MR) is 74.6 cm³/mol. The number of hydrogen-bond donors (Lipinski definition) is 2. The Morgan fingerprint density at radius 2 is 2.17 bits per heavy atom. The zero-order valence-electron chi connectivity index (χ0n) is 10.6. The largest absolute Gasteiger partial charge is 0.495 e. The summed E-state index contributed by atoms with van der Waals surface area (Å²) in [7, 11) is 1.64. The molecular formula is C14H17ClN2O. The van der Waals surface area contributed by atoms with Gasteiger partial charge in [-0.1, -0.05) is 11.6 Å². The molecule has 0 bridgehead atoms. The molecule has 3 N–H and O–H groups in total. The number of ether oxygens (including phenoxy) is 1. The molecule has 3 rings (SSSR count). The standard InChI is InChI=1S/C14H17ClN2O/c1-8-13(14(7-16)3-4-14)9-5-12(18-2)10(15)6-11(9)17-8/h5-6,17H,3-4,7,16H2,1-2H3. The molecule has 1 aliphatic rings. The lowest BCUT2D eigenvalue weighted by atomic mass is 9.93. The number of rotatable bonds is 3. The highest BCUT2D eigenvalue weighted by atomic mass is 35.5. The molecule has 0 unspecified atom stereocenters. The van der Waals surface area contributed by atoms with Crippen LogP contribution < -0.4 is 10.5 Å². The average molecular weight is 265 g/mol. The van der Waals surface area contributed by atoms with Crippen molar-refractivity contribution in [2.75, 3.05) is 13.7 Å². The smallest absolute Gasteiger partial charge is 0.138 e. The number of nitrogens with one attached hydrogen (secondary N) is 1. The fourth-order valence-corrected chi connectivity index (χ4v) is 3.12. The van der Waals surface area contributed by atoms with Crippen LogP contribution in [0.4, 0.5) is 0 Å². The number of H-pyrrole nitrogens is 1. The van der Waals surface area contributed by atoms with Gasteiger partial charge in [-0.2, -0.15) is 0 Å². The molecule has 1 aromatic carbocycles. The molecule has 0 saturated heterocycles. The van der Waals surface area contributed by atoms with Gasteiger partial charge in [0.25, 0.3) is 0 Å². The maximum absolute atomic E-state index is 6.16. The Hall–Kier alpha value is -1.19. The van der Waals surface area contributed by atoms with E-state index >= 15 is 0 Å². The molecule has 18 heavy (non-hydrogen) atoms. The van der Waals surface area contributed by atoms with Crippen LogP contribution in [0.3, 0.4) is 0 Å². The first-order chi connectivity index (χ1) is 8.61. The van der Waals surface area contributed by atoms with Gasteiger partial charge >= 0.3 is 0 Å². The average Bonchev–Trinajstić information content (AvgIpc) is 3.07. The third-order valence-electron chi connectivity index (χ3n) is 4.03. The summed E-state index contributed by atoms with van der Waals surface area (Å²) < 4.78 is 5.31. The minimum Gasteiger partial charge on any atom is -0.495 e. The molecule has 1 fully saturated rings. The molecule has 96 valence electrons. The number of aromatic nitrogens is 1.